The van der Waals surface area contributed by atoms with Crippen LogP contribution < -0.4 is 16.4 Å². The van der Waals surface area contributed by atoms with Crippen molar-refractivity contribution in [2.24, 2.45) is 5.92 Å². The molecule has 0 aliphatic heterocycles. The molecule has 4 N–H and O–H groups in total. The van der Waals surface area contributed by atoms with E-state index >= 15 is 0 Å². The van der Waals surface area contributed by atoms with Crippen LogP contribution >= 0.6 is 11.3 Å². The average Bonchev–Trinajstić information content (AvgIpc) is 3.17. The predicted octanol–water partition coefficient (Wildman–Crippen LogP) is 2.13. The van der Waals surface area contributed by atoms with E-state index in [1.165, 1.54) is 30.7 Å². The number of thiazole rings is 1. The zero-order valence-electron chi connectivity index (χ0n) is 18.2. The minimum atomic E-state index is -0.904. The van der Waals surface area contributed by atoms with Crippen LogP contribution in [0.5, 0.6) is 0 Å². The molecule has 1 aromatic carbocycles. The minimum Gasteiger partial charge on any atom is -0.368 e. The molecule has 2 unspecified atom stereocenters. The summed E-state index contributed by atoms with van der Waals surface area (Å²) in [5.74, 6) is -0.769. The maximum Gasteiger partial charge on any atom is 0.243 e. The molecule has 32 heavy (non-hydrogen) atoms. The van der Waals surface area contributed by atoms with E-state index in [0.29, 0.717) is 17.0 Å². The Kier molecular flexibility index (Phi) is 7.47. The normalized spacial score (nSPS) is 13.0. The molecule has 2 aromatic heterocycles. The number of rotatable bonds is 9. The number of fused-ring (bicyclic) bond motifs is 1. The van der Waals surface area contributed by atoms with Crippen LogP contribution in [-0.2, 0) is 16.0 Å². The fourth-order valence-electron chi connectivity index (χ4n) is 3.26. The number of nitrogens with one attached hydrogen (secondary N) is 2. The first-order chi connectivity index (χ1) is 15.2. The summed E-state index contributed by atoms with van der Waals surface area (Å²) < 4.78 is 0.882. The van der Waals surface area contributed by atoms with Gasteiger partial charge in [-0.05, 0) is 30.0 Å². The molecule has 0 aliphatic carbocycles. The number of anilines is 1. The van der Waals surface area contributed by atoms with Crippen LogP contribution in [0.15, 0.2) is 36.7 Å². The molecule has 2 atom stereocenters. The Labute approximate surface area is 189 Å². The molecule has 168 valence electrons. The Morgan fingerprint density at radius 3 is 2.38 bits per heavy atom. The first kappa shape index (κ1) is 23.3. The number of aromatic nitrogens is 3. The molecule has 2 amide bonds. The van der Waals surface area contributed by atoms with E-state index in [1.807, 2.05) is 38.1 Å². The van der Waals surface area contributed by atoms with Gasteiger partial charge in [-0.25, -0.2) is 15.0 Å². The highest BCUT2D eigenvalue weighted by Gasteiger charge is 2.29. The molecule has 0 saturated carbocycles. The number of nitrogen functional groups attached to an aromatic ring is 1. The second-order valence-corrected chi connectivity index (χ2v) is 8.98. The van der Waals surface area contributed by atoms with Crippen molar-refractivity contribution in [3.8, 4) is 0 Å². The zero-order chi connectivity index (χ0) is 23.3. The van der Waals surface area contributed by atoms with Gasteiger partial charge in [-0.2, -0.15) is 0 Å². The third-order valence-corrected chi connectivity index (χ3v) is 5.75. The van der Waals surface area contributed by atoms with Crippen molar-refractivity contribution in [2.75, 3.05) is 5.73 Å². The monoisotopic (exact) mass is 454 g/mol. The Morgan fingerprint density at radius 2 is 1.75 bits per heavy atom. The van der Waals surface area contributed by atoms with E-state index < -0.39 is 18.0 Å². The van der Waals surface area contributed by atoms with Crippen LogP contribution in [0.25, 0.3) is 10.2 Å². The Morgan fingerprint density at radius 1 is 1.06 bits per heavy atom. The van der Waals surface area contributed by atoms with Crippen LogP contribution in [0.3, 0.4) is 0 Å². The summed E-state index contributed by atoms with van der Waals surface area (Å²) in [5.41, 5.74) is 6.92. The van der Waals surface area contributed by atoms with E-state index in [-0.39, 0.29) is 30.0 Å². The second kappa shape index (κ2) is 10.3. The van der Waals surface area contributed by atoms with E-state index in [9.17, 15) is 14.4 Å². The van der Waals surface area contributed by atoms with Gasteiger partial charge in [0.1, 0.15) is 6.04 Å². The minimum absolute atomic E-state index is 0.120. The van der Waals surface area contributed by atoms with Crippen molar-refractivity contribution >= 4 is 45.1 Å². The van der Waals surface area contributed by atoms with Crippen molar-refractivity contribution < 1.29 is 14.4 Å². The van der Waals surface area contributed by atoms with Crippen LogP contribution in [0, 0.1) is 5.92 Å². The van der Waals surface area contributed by atoms with Gasteiger partial charge in [0.25, 0.3) is 0 Å². The van der Waals surface area contributed by atoms with Gasteiger partial charge in [-0.1, -0.05) is 26.0 Å². The number of benzene rings is 1. The molecule has 0 saturated heterocycles. The number of Topliss-reactive ketones (excluding diaryl/α,β-unsaturated/α-hetero) is 1. The molecule has 10 heteroatoms. The highest BCUT2D eigenvalue weighted by atomic mass is 32.1. The lowest BCUT2D eigenvalue weighted by Crippen LogP contribution is -2.52. The molecule has 3 aromatic rings. The van der Waals surface area contributed by atoms with Gasteiger partial charge in [0, 0.05) is 25.7 Å². The number of ketones is 1. The summed E-state index contributed by atoms with van der Waals surface area (Å²) in [7, 11) is 0. The first-order valence-electron chi connectivity index (χ1n) is 10.3. The van der Waals surface area contributed by atoms with E-state index in [1.54, 1.807) is 0 Å². The Hall–Kier alpha value is -3.40. The van der Waals surface area contributed by atoms with Gasteiger partial charge in [0.2, 0.25) is 23.5 Å². The van der Waals surface area contributed by atoms with Crippen molar-refractivity contribution in [1.82, 2.24) is 25.6 Å². The van der Waals surface area contributed by atoms with E-state index in [4.69, 9.17) is 5.73 Å². The van der Waals surface area contributed by atoms with Crippen LogP contribution in [0.4, 0.5) is 5.95 Å². The Balaban J connectivity index is 1.88. The van der Waals surface area contributed by atoms with E-state index in [0.717, 1.165) is 10.2 Å². The van der Waals surface area contributed by atoms with E-state index in [2.05, 4.69) is 25.6 Å². The molecule has 0 spiro atoms. The van der Waals surface area contributed by atoms with Crippen molar-refractivity contribution in [1.29, 1.82) is 0 Å². The average molecular weight is 455 g/mol. The summed E-state index contributed by atoms with van der Waals surface area (Å²) in [6.45, 7) is 5.27. The number of carbonyl (C=O) groups excluding carboxylic acids is 3. The van der Waals surface area contributed by atoms with Gasteiger partial charge in [0.05, 0.1) is 16.3 Å². The number of para-hydroxylation sites is 1. The molecule has 3 rings (SSSR count). The summed E-state index contributed by atoms with van der Waals surface area (Å²) >= 11 is 1.27. The lowest BCUT2D eigenvalue weighted by atomic mass is 10.0. The molecule has 0 fully saturated rings. The van der Waals surface area contributed by atoms with Gasteiger partial charge < -0.3 is 16.4 Å². The smallest absolute Gasteiger partial charge is 0.243 e. The number of nitrogens with zero attached hydrogens (tertiary/aromatic N) is 3. The largest absolute Gasteiger partial charge is 0.368 e. The predicted molar refractivity (Wildman–Crippen MR) is 123 cm³/mol. The SMILES string of the molecule is CC(=O)NC(CC(C)C)C(=O)NC(Cc1cnc(N)nc1)C(=O)c1nc2ccccc2s1. The third-order valence-electron chi connectivity index (χ3n) is 4.70. The molecule has 2 heterocycles. The highest BCUT2D eigenvalue weighted by Crippen LogP contribution is 2.23. The van der Waals surface area contributed by atoms with Crippen LogP contribution in [0.2, 0.25) is 0 Å². The van der Waals surface area contributed by atoms with Crippen molar-refractivity contribution in [3.05, 3.63) is 47.2 Å². The topological polar surface area (TPSA) is 140 Å². The number of hydrogen-bond acceptors (Lipinski definition) is 8. The first-order valence-corrected chi connectivity index (χ1v) is 11.1. The van der Waals surface area contributed by atoms with Gasteiger partial charge in [-0.3, -0.25) is 14.4 Å². The van der Waals surface area contributed by atoms with Gasteiger partial charge >= 0.3 is 0 Å². The quantitative estimate of drug-likeness (QED) is 0.421. The standard InChI is InChI=1S/C22H26N6O3S/c1-12(2)8-17(26-13(3)29)20(31)27-16(9-14-10-24-22(23)25-11-14)19(30)21-28-15-6-4-5-7-18(15)32-21/h4-7,10-12,16-17H,8-9H2,1-3H3,(H,26,29)(H,27,31)(H2,23,24,25). The number of amides is 2. The second-order valence-electron chi connectivity index (χ2n) is 7.95. The molecule has 0 bridgehead atoms. The fraction of sp³-hybridized carbons (Fsp3) is 0.364. The highest BCUT2D eigenvalue weighted by molar-refractivity contribution is 7.20. The maximum absolute atomic E-state index is 13.4. The number of hydrogen-bond donors (Lipinski definition) is 3. The van der Waals surface area contributed by atoms with Gasteiger partial charge in [-0.15, -0.1) is 11.3 Å². The van der Waals surface area contributed by atoms with Crippen molar-refractivity contribution in [3.63, 3.8) is 0 Å². The molecular weight excluding hydrogens is 428 g/mol. The summed E-state index contributed by atoms with van der Waals surface area (Å²) in [6, 6.07) is 5.80. The number of carbonyl (C=O) groups is 3. The molecule has 0 aliphatic rings. The third kappa shape index (κ3) is 6.07. The van der Waals surface area contributed by atoms with Crippen molar-refractivity contribution in [2.45, 2.75) is 45.7 Å². The lowest BCUT2D eigenvalue weighted by Gasteiger charge is -2.23. The number of nitrogens with two attached hydrogens (primary N) is 1. The molecule has 9 nitrogen and oxygen atoms in total. The summed E-state index contributed by atoms with van der Waals surface area (Å²) in [4.78, 5) is 50.4. The maximum atomic E-state index is 13.4. The summed E-state index contributed by atoms with van der Waals surface area (Å²) in [6.07, 6.45) is 3.65. The lowest BCUT2D eigenvalue weighted by molar-refractivity contribution is -0.128. The zero-order valence-corrected chi connectivity index (χ0v) is 19.0. The van der Waals surface area contributed by atoms with Gasteiger partial charge in [0.15, 0.2) is 5.01 Å². The Bertz CT molecular complexity index is 1080. The molecular formula is C22H26N6O3S. The molecule has 0 radical (unpaired) electrons. The fourth-order valence-corrected chi connectivity index (χ4v) is 4.22. The van der Waals surface area contributed by atoms with Crippen LogP contribution in [0.1, 0.15) is 42.6 Å². The van der Waals surface area contributed by atoms with Crippen LogP contribution in [-0.4, -0.2) is 44.6 Å². The summed E-state index contributed by atoms with van der Waals surface area (Å²) in [5, 5.41) is 5.78.